The average molecular weight is 448 g/mol. The molecule has 0 aliphatic rings. The lowest BCUT2D eigenvalue weighted by Crippen LogP contribution is -2.23. The molecule has 0 radical (unpaired) electrons. The van der Waals surface area contributed by atoms with Crippen molar-refractivity contribution in [2.75, 3.05) is 26.4 Å². The molecule has 0 bridgehead atoms. The van der Waals surface area contributed by atoms with Gasteiger partial charge in [-0.25, -0.2) is 4.57 Å². The van der Waals surface area contributed by atoms with Crippen LogP contribution < -0.4 is 5.73 Å². The average Bonchev–Trinajstić information content (AvgIpc) is 2.72. The number of aliphatic hydroxyl groups excluding tert-OH is 1. The molecular weight excluding hydrogens is 409 g/mol. The zero-order chi connectivity index (χ0) is 22.5. The third-order valence-corrected chi connectivity index (χ3v) is 4.82. The lowest BCUT2D eigenvalue weighted by Gasteiger charge is -2.15. The molecule has 0 rings (SSSR count). The summed E-state index contributed by atoms with van der Waals surface area (Å²) in [6.07, 6.45) is 18.5. The zero-order valence-electron chi connectivity index (χ0n) is 18.0. The molecule has 8 nitrogen and oxygen atoms in total. The number of phosphoric ester groups is 1. The molecule has 0 aliphatic heterocycles. The van der Waals surface area contributed by atoms with Gasteiger partial charge in [-0.2, -0.15) is 0 Å². The number of aliphatic hydroxyl groups is 1. The number of phosphoric acid groups is 1. The third kappa shape index (κ3) is 20.0. The number of carbonyl (C=O) groups excluding carboxylic acids is 1. The molecule has 0 saturated heterocycles. The summed E-state index contributed by atoms with van der Waals surface area (Å²) in [6.45, 7) is 1.26. The largest absolute Gasteiger partial charge is 0.472 e. The smallest absolute Gasteiger partial charge is 0.463 e. The summed E-state index contributed by atoms with van der Waals surface area (Å²) in [7, 11) is -4.24. The molecule has 0 aromatic rings. The SMILES string of the molecule is CC/C=C/C=C/C=C/CCCCCCCC(=O)OCC(O)COP(=O)(O)OCCN. The maximum Gasteiger partial charge on any atom is 0.472 e. The number of carbonyl (C=O) groups is 1. The Labute approximate surface area is 180 Å². The van der Waals surface area contributed by atoms with E-state index in [1.54, 1.807) is 0 Å². The predicted molar refractivity (Wildman–Crippen MR) is 118 cm³/mol. The topological polar surface area (TPSA) is 128 Å². The summed E-state index contributed by atoms with van der Waals surface area (Å²) < 4.78 is 25.4. The fourth-order valence-electron chi connectivity index (χ4n) is 2.27. The molecule has 9 heteroatoms. The van der Waals surface area contributed by atoms with Gasteiger partial charge in [0, 0.05) is 13.0 Å². The minimum Gasteiger partial charge on any atom is -0.463 e. The Balaban J connectivity index is 3.61. The van der Waals surface area contributed by atoms with E-state index in [9.17, 15) is 19.4 Å². The van der Waals surface area contributed by atoms with E-state index in [2.05, 4.69) is 34.2 Å². The quantitative estimate of drug-likeness (QED) is 0.118. The molecule has 0 saturated carbocycles. The van der Waals surface area contributed by atoms with E-state index < -0.39 is 26.5 Å². The first-order valence-corrected chi connectivity index (χ1v) is 12.0. The standard InChI is InChI=1S/C21H38NO7P/c1-2-3-4-5-6-7-8-9-10-11-12-13-14-15-21(24)27-18-20(23)19-29-30(25,26)28-17-16-22/h3-8,20,23H,2,9-19,22H2,1H3,(H,25,26)/b4-3+,6-5+,8-7+. The van der Waals surface area contributed by atoms with Gasteiger partial charge in [0.25, 0.3) is 0 Å². The van der Waals surface area contributed by atoms with Crippen LogP contribution in [0.3, 0.4) is 0 Å². The van der Waals surface area contributed by atoms with Crippen LogP contribution in [0.25, 0.3) is 0 Å². The van der Waals surface area contributed by atoms with Gasteiger partial charge in [-0.05, 0) is 25.7 Å². The maximum atomic E-state index is 11.7. The van der Waals surface area contributed by atoms with Crippen LogP contribution in [0.2, 0.25) is 0 Å². The van der Waals surface area contributed by atoms with Crippen molar-refractivity contribution in [1.29, 1.82) is 0 Å². The number of nitrogens with two attached hydrogens (primary N) is 1. The van der Waals surface area contributed by atoms with E-state index >= 15 is 0 Å². The fraction of sp³-hybridized carbons (Fsp3) is 0.667. The Kier molecular flexibility index (Phi) is 18.8. The molecule has 30 heavy (non-hydrogen) atoms. The highest BCUT2D eigenvalue weighted by atomic mass is 31.2. The number of allylic oxidation sites excluding steroid dienone is 6. The Morgan fingerprint density at radius 2 is 1.67 bits per heavy atom. The molecule has 0 aromatic heterocycles. The van der Waals surface area contributed by atoms with Gasteiger partial charge in [-0.3, -0.25) is 13.8 Å². The van der Waals surface area contributed by atoms with Crippen LogP contribution >= 0.6 is 7.82 Å². The van der Waals surface area contributed by atoms with Gasteiger partial charge in [0.15, 0.2) is 0 Å². The van der Waals surface area contributed by atoms with Crippen LogP contribution in [0.4, 0.5) is 0 Å². The van der Waals surface area contributed by atoms with Gasteiger partial charge in [-0.1, -0.05) is 62.6 Å². The molecule has 0 amide bonds. The van der Waals surface area contributed by atoms with Crippen LogP contribution in [-0.2, 0) is 23.1 Å². The van der Waals surface area contributed by atoms with Crippen molar-refractivity contribution in [3.05, 3.63) is 36.5 Å². The van der Waals surface area contributed by atoms with Crippen LogP contribution in [-0.4, -0.2) is 48.4 Å². The number of unbranched alkanes of at least 4 members (excludes halogenated alkanes) is 5. The molecule has 0 fully saturated rings. The minimum absolute atomic E-state index is 0.0694. The van der Waals surface area contributed by atoms with E-state index in [1.807, 2.05) is 18.2 Å². The molecule has 0 aliphatic carbocycles. The van der Waals surface area contributed by atoms with Gasteiger partial charge in [0.05, 0.1) is 13.2 Å². The normalized spacial score (nSPS) is 15.2. The summed E-state index contributed by atoms with van der Waals surface area (Å²) >= 11 is 0. The summed E-state index contributed by atoms with van der Waals surface area (Å²) in [6, 6.07) is 0. The molecule has 0 heterocycles. The van der Waals surface area contributed by atoms with Crippen molar-refractivity contribution in [3.8, 4) is 0 Å². The van der Waals surface area contributed by atoms with Crippen molar-refractivity contribution >= 4 is 13.8 Å². The van der Waals surface area contributed by atoms with Crippen LogP contribution in [0.15, 0.2) is 36.5 Å². The van der Waals surface area contributed by atoms with Gasteiger partial charge < -0.3 is 20.5 Å². The first kappa shape index (κ1) is 28.7. The van der Waals surface area contributed by atoms with Crippen molar-refractivity contribution in [1.82, 2.24) is 0 Å². The predicted octanol–water partition coefficient (Wildman–Crippen LogP) is 3.79. The Hall–Kier alpha value is -1.28. The Morgan fingerprint density at radius 3 is 2.37 bits per heavy atom. The van der Waals surface area contributed by atoms with E-state index in [1.165, 1.54) is 0 Å². The second-order valence-electron chi connectivity index (χ2n) is 6.68. The van der Waals surface area contributed by atoms with E-state index in [4.69, 9.17) is 10.5 Å². The van der Waals surface area contributed by atoms with Gasteiger partial charge in [0.1, 0.15) is 12.7 Å². The monoisotopic (exact) mass is 447 g/mol. The van der Waals surface area contributed by atoms with Gasteiger partial charge in [-0.15, -0.1) is 0 Å². The number of hydrogen-bond acceptors (Lipinski definition) is 7. The second-order valence-corrected chi connectivity index (χ2v) is 8.13. The van der Waals surface area contributed by atoms with E-state index in [0.717, 1.165) is 44.9 Å². The van der Waals surface area contributed by atoms with E-state index in [-0.39, 0.29) is 26.2 Å². The lowest BCUT2D eigenvalue weighted by molar-refractivity contribution is -0.147. The number of esters is 1. The first-order valence-electron chi connectivity index (χ1n) is 10.5. The van der Waals surface area contributed by atoms with Crippen LogP contribution in [0, 0.1) is 0 Å². The number of rotatable bonds is 19. The first-order chi connectivity index (χ1) is 14.4. The van der Waals surface area contributed by atoms with Crippen LogP contribution in [0.1, 0.15) is 58.3 Å². The Bertz CT molecular complexity index is 564. The fourth-order valence-corrected chi connectivity index (χ4v) is 3.05. The minimum atomic E-state index is -4.24. The molecule has 2 atom stereocenters. The molecule has 0 aromatic carbocycles. The second kappa shape index (κ2) is 19.7. The van der Waals surface area contributed by atoms with E-state index in [0.29, 0.717) is 0 Å². The molecule has 174 valence electrons. The lowest BCUT2D eigenvalue weighted by atomic mass is 10.1. The van der Waals surface area contributed by atoms with Crippen molar-refractivity contribution in [2.24, 2.45) is 5.73 Å². The summed E-state index contributed by atoms with van der Waals surface area (Å²) in [4.78, 5) is 20.9. The summed E-state index contributed by atoms with van der Waals surface area (Å²) in [5, 5.41) is 9.64. The Morgan fingerprint density at radius 1 is 1.00 bits per heavy atom. The molecule has 2 unspecified atom stereocenters. The number of hydrogen-bond donors (Lipinski definition) is 3. The third-order valence-electron chi connectivity index (χ3n) is 3.83. The van der Waals surface area contributed by atoms with Gasteiger partial charge >= 0.3 is 13.8 Å². The van der Waals surface area contributed by atoms with Crippen molar-refractivity contribution < 1.29 is 33.1 Å². The highest BCUT2D eigenvalue weighted by molar-refractivity contribution is 7.47. The highest BCUT2D eigenvalue weighted by Crippen LogP contribution is 2.42. The van der Waals surface area contributed by atoms with Crippen molar-refractivity contribution in [2.45, 2.75) is 64.4 Å². The number of ether oxygens (including phenoxy) is 1. The van der Waals surface area contributed by atoms with Gasteiger partial charge in [0.2, 0.25) is 0 Å². The van der Waals surface area contributed by atoms with Crippen molar-refractivity contribution in [3.63, 3.8) is 0 Å². The highest BCUT2D eigenvalue weighted by Gasteiger charge is 2.22. The molecule has 0 spiro atoms. The summed E-state index contributed by atoms with van der Waals surface area (Å²) in [5.74, 6) is -0.410. The van der Waals surface area contributed by atoms with Crippen LogP contribution in [0.5, 0.6) is 0 Å². The zero-order valence-corrected chi connectivity index (χ0v) is 18.9. The summed E-state index contributed by atoms with van der Waals surface area (Å²) in [5.41, 5.74) is 5.15. The molecular formula is C21H38NO7P. The molecule has 4 N–H and O–H groups in total. The maximum absolute atomic E-state index is 11.7.